The van der Waals surface area contributed by atoms with Gasteiger partial charge in [-0.15, -0.1) is 0 Å². The molecule has 0 spiro atoms. The lowest BCUT2D eigenvalue weighted by atomic mass is 10.4. The largest absolute Gasteiger partial charge is 0.379 e. The van der Waals surface area contributed by atoms with Crippen molar-refractivity contribution in [3.8, 4) is 0 Å². The Balaban J connectivity index is 2.16. The molecule has 1 aromatic rings. The van der Waals surface area contributed by atoms with Crippen LogP contribution in [0.25, 0.3) is 0 Å². The summed E-state index contributed by atoms with van der Waals surface area (Å²) in [6.07, 6.45) is 2.81. The fourth-order valence-corrected chi connectivity index (χ4v) is 1.22. The van der Waals surface area contributed by atoms with Gasteiger partial charge in [-0.3, -0.25) is 9.48 Å². The zero-order valence-corrected chi connectivity index (χ0v) is 10.1. The molecule has 0 aliphatic heterocycles. The highest BCUT2D eigenvalue weighted by Crippen LogP contribution is 1.94. The number of nitrogens with one attached hydrogen (secondary N) is 1. The van der Waals surface area contributed by atoms with E-state index in [1.165, 1.54) is 0 Å². The van der Waals surface area contributed by atoms with Crippen molar-refractivity contribution in [1.29, 1.82) is 0 Å². The Labute approximate surface area is 95.8 Å². The number of amides is 1. The Hall–Kier alpha value is -1.36. The minimum atomic E-state index is -0.134. The van der Waals surface area contributed by atoms with Crippen molar-refractivity contribution in [2.24, 2.45) is 7.05 Å². The summed E-state index contributed by atoms with van der Waals surface area (Å²) in [6.45, 7) is 5.27. The number of aryl methyl sites for hydroxylation is 1. The van der Waals surface area contributed by atoms with Crippen LogP contribution in [0.2, 0.25) is 0 Å². The third-order valence-corrected chi connectivity index (χ3v) is 2.00. The quantitative estimate of drug-likeness (QED) is 0.734. The molecule has 0 aliphatic carbocycles. The minimum Gasteiger partial charge on any atom is -0.379 e. The highest BCUT2D eigenvalue weighted by molar-refractivity contribution is 5.92. The molecule has 0 saturated carbocycles. The minimum absolute atomic E-state index is 0.134. The Morgan fingerprint density at radius 2 is 2.38 bits per heavy atom. The molecule has 0 atom stereocenters. The van der Waals surface area contributed by atoms with Crippen molar-refractivity contribution in [2.45, 2.75) is 26.4 Å². The first-order chi connectivity index (χ1) is 7.59. The number of carbonyl (C=O) groups excluding carboxylic acids is 1. The summed E-state index contributed by atoms with van der Waals surface area (Å²) in [5.74, 6) is -0.134. The standard InChI is InChI=1S/C11H19N3O2/c1-9(2)16-8-4-6-12-11(15)10-5-7-14(3)13-10/h5,7,9H,4,6,8H2,1-3H3,(H,12,15). The molecule has 1 rings (SSSR count). The van der Waals surface area contributed by atoms with Crippen molar-refractivity contribution in [2.75, 3.05) is 13.2 Å². The van der Waals surface area contributed by atoms with Crippen LogP contribution in [0.3, 0.4) is 0 Å². The Morgan fingerprint density at radius 1 is 1.62 bits per heavy atom. The average Bonchev–Trinajstić information content (AvgIpc) is 2.63. The zero-order valence-electron chi connectivity index (χ0n) is 10.1. The third-order valence-electron chi connectivity index (χ3n) is 2.00. The maximum absolute atomic E-state index is 11.5. The molecule has 1 amide bonds. The second kappa shape index (κ2) is 6.27. The van der Waals surface area contributed by atoms with Crippen LogP contribution >= 0.6 is 0 Å². The smallest absolute Gasteiger partial charge is 0.271 e. The van der Waals surface area contributed by atoms with Gasteiger partial charge in [-0.1, -0.05) is 0 Å². The van der Waals surface area contributed by atoms with Gasteiger partial charge in [-0.2, -0.15) is 5.10 Å². The van der Waals surface area contributed by atoms with Gasteiger partial charge in [0.25, 0.3) is 5.91 Å². The van der Waals surface area contributed by atoms with Crippen LogP contribution in [0.4, 0.5) is 0 Å². The first kappa shape index (κ1) is 12.7. The molecule has 1 aromatic heterocycles. The van der Waals surface area contributed by atoms with E-state index in [0.717, 1.165) is 6.42 Å². The summed E-state index contributed by atoms with van der Waals surface area (Å²) in [5.41, 5.74) is 0.451. The summed E-state index contributed by atoms with van der Waals surface area (Å²) in [4.78, 5) is 11.5. The van der Waals surface area contributed by atoms with Crippen LogP contribution in [-0.2, 0) is 11.8 Å². The predicted octanol–water partition coefficient (Wildman–Crippen LogP) is 0.965. The number of aromatic nitrogens is 2. The molecule has 0 unspecified atom stereocenters. The maximum Gasteiger partial charge on any atom is 0.271 e. The van der Waals surface area contributed by atoms with Crippen LogP contribution in [0.5, 0.6) is 0 Å². The lowest BCUT2D eigenvalue weighted by Gasteiger charge is -2.07. The fraction of sp³-hybridized carbons (Fsp3) is 0.636. The SMILES string of the molecule is CC(C)OCCCNC(=O)c1ccn(C)n1. The summed E-state index contributed by atoms with van der Waals surface area (Å²) >= 11 is 0. The maximum atomic E-state index is 11.5. The number of carbonyl (C=O) groups is 1. The van der Waals surface area contributed by atoms with Gasteiger partial charge in [0.1, 0.15) is 5.69 Å². The number of ether oxygens (including phenoxy) is 1. The van der Waals surface area contributed by atoms with Crippen molar-refractivity contribution in [3.05, 3.63) is 18.0 Å². The first-order valence-corrected chi connectivity index (χ1v) is 5.49. The average molecular weight is 225 g/mol. The van der Waals surface area contributed by atoms with E-state index in [0.29, 0.717) is 18.8 Å². The molecule has 90 valence electrons. The van der Waals surface area contributed by atoms with Gasteiger partial charge in [0, 0.05) is 26.4 Å². The Morgan fingerprint density at radius 3 is 2.94 bits per heavy atom. The van der Waals surface area contributed by atoms with E-state index >= 15 is 0 Å². The fourth-order valence-electron chi connectivity index (χ4n) is 1.22. The summed E-state index contributed by atoms with van der Waals surface area (Å²) in [6, 6.07) is 1.69. The van der Waals surface area contributed by atoms with Gasteiger partial charge in [0.2, 0.25) is 0 Å². The summed E-state index contributed by atoms with van der Waals surface area (Å²) < 4.78 is 6.97. The number of hydrogen-bond acceptors (Lipinski definition) is 3. The third kappa shape index (κ3) is 4.44. The normalized spacial score (nSPS) is 10.8. The van der Waals surface area contributed by atoms with Gasteiger partial charge >= 0.3 is 0 Å². The molecule has 16 heavy (non-hydrogen) atoms. The van der Waals surface area contributed by atoms with Crippen molar-refractivity contribution < 1.29 is 9.53 Å². The molecule has 5 nitrogen and oxygen atoms in total. The topological polar surface area (TPSA) is 56.1 Å². The molecule has 0 fully saturated rings. The molecular formula is C11H19N3O2. The van der Waals surface area contributed by atoms with Crippen molar-refractivity contribution >= 4 is 5.91 Å². The van der Waals surface area contributed by atoms with E-state index in [2.05, 4.69) is 10.4 Å². The van der Waals surface area contributed by atoms with Crippen molar-refractivity contribution in [3.63, 3.8) is 0 Å². The van der Waals surface area contributed by atoms with E-state index in [-0.39, 0.29) is 12.0 Å². The molecule has 1 N–H and O–H groups in total. The van der Waals surface area contributed by atoms with Crippen molar-refractivity contribution in [1.82, 2.24) is 15.1 Å². The first-order valence-electron chi connectivity index (χ1n) is 5.49. The van der Waals surface area contributed by atoms with Gasteiger partial charge in [0.05, 0.1) is 6.10 Å². The molecule has 0 saturated heterocycles. The van der Waals surface area contributed by atoms with Gasteiger partial charge in [-0.25, -0.2) is 0 Å². The lowest BCUT2D eigenvalue weighted by Crippen LogP contribution is -2.26. The molecule has 5 heteroatoms. The number of nitrogens with zero attached hydrogens (tertiary/aromatic N) is 2. The number of hydrogen-bond donors (Lipinski definition) is 1. The highest BCUT2D eigenvalue weighted by atomic mass is 16.5. The second-order valence-corrected chi connectivity index (χ2v) is 3.90. The highest BCUT2D eigenvalue weighted by Gasteiger charge is 2.07. The molecule has 0 aromatic carbocycles. The van der Waals surface area contributed by atoms with Gasteiger partial charge < -0.3 is 10.1 Å². The van der Waals surface area contributed by atoms with Crippen LogP contribution in [0.1, 0.15) is 30.8 Å². The molecule has 0 aliphatic rings. The van der Waals surface area contributed by atoms with Crippen LogP contribution in [0, 0.1) is 0 Å². The molecule has 0 radical (unpaired) electrons. The van der Waals surface area contributed by atoms with Crippen LogP contribution < -0.4 is 5.32 Å². The van der Waals surface area contributed by atoms with E-state index < -0.39 is 0 Å². The number of rotatable bonds is 6. The van der Waals surface area contributed by atoms with E-state index in [4.69, 9.17) is 4.74 Å². The zero-order chi connectivity index (χ0) is 12.0. The lowest BCUT2D eigenvalue weighted by molar-refractivity contribution is 0.0756. The molecule has 0 bridgehead atoms. The monoisotopic (exact) mass is 225 g/mol. The van der Waals surface area contributed by atoms with Crippen LogP contribution in [-0.4, -0.2) is 34.9 Å². The van der Waals surface area contributed by atoms with E-state index in [1.807, 2.05) is 13.8 Å². The van der Waals surface area contributed by atoms with Gasteiger partial charge in [-0.05, 0) is 26.3 Å². The van der Waals surface area contributed by atoms with E-state index in [9.17, 15) is 4.79 Å². The van der Waals surface area contributed by atoms with Gasteiger partial charge in [0.15, 0.2) is 0 Å². The summed E-state index contributed by atoms with van der Waals surface area (Å²) in [5, 5.41) is 6.80. The van der Waals surface area contributed by atoms with E-state index in [1.54, 1.807) is 24.0 Å². The Kier molecular flexibility index (Phi) is 4.98. The molecular weight excluding hydrogens is 206 g/mol. The molecule has 1 heterocycles. The predicted molar refractivity (Wildman–Crippen MR) is 61.2 cm³/mol. The van der Waals surface area contributed by atoms with Crippen LogP contribution in [0.15, 0.2) is 12.3 Å². The second-order valence-electron chi connectivity index (χ2n) is 3.90. The Bertz CT molecular complexity index is 334. The summed E-state index contributed by atoms with van der Waals surface area (Å²) in [7, 11) is 1.78.